The first-order valence-corrected chi connectivity index (χ1v) is 6.94. The predicted molar refractivity (Wildman–Crippen MR) is 82.3 cm³/mol. The highest BCUT2D eigenvalue weighted by Crippen LogP contribution is 2.28. The molecular weight excluding hydrogens is 303 g/mol. The van der Waals surface area contributed by atoms with Crippen LogP contribution >= 0.6 is 0 Å². The van der Waals surface area contributed by atoms with Crippen LogP contribution in [-0.4, -0.2) is 16.9 Å². The summed E-state index contributed by atoms with van der Waals surface area (Å²) in [7, 11) is 0. The molecule has 23 heavy (non-hydrogen) atoms. The van der Waals surface area contributed by atoms with Gasteiger partial charge in [-0.25, -0.2) is 0 Å². The number of fused-ring (bicyclic) bond motifs is 1. The lowest BCUT2D eigenvalue weighted by molar-refractivity contribution is -0.0885. The van der Waals surface area contributed by atoms with E-state index in [0.717, 1.165) is 16.3 Å². The Morgan fingerprint density at radius 3 is 2.30 bits per heavy atom. The number of hydrogen-bond donors (Lipinski definition) is 0. The van der Waals surface area contributed by atoms with Crippen molar-refractivity contribution >= 4 is 16.6 Å². The van der Waals surface area contributed by atoms with Gasteiger partial charge in [-0.2, -0.15) is 13.2 Å². The Hall–Kier alpha value is -2.69. The molecule has 116 valence electrons. The van der Waals surface area contributed by atoms with Gasteiger partial charge in [-0.1, -0.05) is 48.5 Å². The Labute approximate surface area is 130 Å². The number of aromatic nitrogens is 1. The Balaban J connectivity index is 2.03. The molecule has 3 rings (SSSR count). The monoisotopic (exact) mass is 315 g/mol. The first-order valence-electron chi connectivity index (χ1n) is 6.94. The smallest absolute Gasteiger partial charge is 0.284 e. The van der Waals surface area contributed by atoms with Crippen molar-refractivity contribution in [2.75, 3.05) is 0 Å². The molecule has 2 nitrogen and oxygen atoms in total. The third-order valence-electron chi connectivity index (χ3n) is 3.73. The predicted octanol–water partition coefficient (Wildman–Crippen LogP) is 4.96. The van der Waals surface area contributed by atoms with Crippen molar-refractivity contribution in [1.82, 2.24) is 4.98 Å². The number of carbonyl (C=O) groups is 1. The summed E-state index contributed by atoms with van der Waals surface area (Å²) >= 11 is 0. The number of ketones is 1. The second-order valence-corrected chi connectivity index (χ2v) is 5.22. The van der Waals surface area contributed by atoms with Gasteiger partial charge >= 0.3 is 6.18 Å². The highest BCUT2D eigenvalue weighted by molar-refractivity contribution is 6.00. The maximum atomic E-state index is 12.4. The molecule has 0 aliphatic rings. The van der Waals surface area contributed by atoms with Gasteiger partial charge in [-0.15, -0.1) is 0 Å². The van der Waals surface area contributed by atoms with Gasteiger partial charge < -0.3 is 0 Å². The summed E-state index contributed by atoms with van der Waals surface area (Å²) in [6.45, 7) is 1.92. The number of halogens is 3. The number of pyridine rings is 1. The van der Waals surface area contributed by atoms with E-state index in [0.29, 0.717) is 11.3 Å². The Morgan fingerprint density at radius 1 is 1.00 bits per heavy atom. The lowest BCUT2D eigenvalue weighted by Crippen LogP contribution is -2.22. The molecule has 0 saturated carbocycles. The van der Waals surface area contributed by atoms with Gasteiger partial charge in [-0.3, -0.25) is 9.78 Å². The number of benzene rings is 2. The number of carbonyl (C=O) groups excluding carboxylic acids is 1. The summed E-state index contributed by atoms with van der Waals surface area (Å²) < 4.78 is 37.3. The van der Waals surface area contributed by atoms with Crippen molar-refractivity contribution in [3.63, 3.8) is 0 Å². The highest BCUT2D eigenvalue weighted by Gasteiger charge is 2.39. The van der Waals surface area contributed by atoms with Gasteiger partial charge in [0.25, 0.3) is 5.78 Å². The second kappa shape index (κ2) is 5.50. The van der Waals surface area contributed by atoms with Crippen LogP contribution in [0, 0.1) is 6.92 Å². The van der Waals surface area contributed by atoms with E-state index in [9.17, 15) is 18.0 Å². The molecule has 0 aliphatic heterocycles. The summed E-state index contributed by atoms with van der Waals surface area (Å²) in [5.41, 5.74) is 1.93. The summed E-state index contributed by atoms with van der Waals surface area (Å²) in [4.78, 5) is 15.6. The van der Waals surface area contributed by atoms with Crippen LogP contribution in [-0.2, 0) is 0 Å². The number of Topliss-reactive ketones (excluding diaryl/α,β-unsaturated/α-hetero) is 1. The third-order valence-corrected chi connectivity index (χ3v) is 3.73. The SMILES string of the molecule is Cc1c(-c2ccc(C(=O)C(F)(F)F)cc2)ncc2ccccc12. The van der Waals surface area contributed by atoms with Gasteiger partial charge in [0.15, 0.2) is 0 Å². The molecule has 0 amide bonds. The molecule has 0 aliphatic carbocycles. The van der Waals surface area contributed by atoms with Gasteiger partial charge in [-0.05, 0) is 17.9 Å². The number of alkyl halides is 3. The van der Waals surface area contributed by atoms with E-state index in [1.165, 1.54) is 24.3 Å². The Morgan fingerprint density at radius 2 is 1.65 bits per heavy atom. The van der Waals surface area contributed by atoms with Crippen LogP contribution in [0.5, 0.6) is 0 Å². The summed E-state index contributed by atoms with van der Waals surface area (Å²) in [6.07, 6.45) is -3.13. The molecule has 0 radical (unpaired) electrons. The van der Waals surface area contributed by atoms with Crippen LogP contribution in [0.15, 0.2) is 54.7 Å². The van der Waals surface area contributed by atoms with E-state index in [4.69, 9.17) is 0 Å². The molecule has 5 heteroatoms. The minimum Gasteiger partial charge on any atom is -0.284 e. The zero-order chi connectivity index (χ0) is 16.6. The fourth-order valence-corrected chi connectivity index (χ4v) is 2.54. The average molecular weight is 315 g/mol. The first kappa shape index (κ1) is 15.2. The van der Waals surface area contributed by atoms with Gasteiger partial charge in [0, 0.05) is 22.7 Å². The lowest BCUT2D eigenvalue weighted by atomic mass is 9.99. The van der Waals surface area contributed by atoms with Crippen LogP contribution in [0.2, 0.25) is 0 Å². The largest absolute Gasteiger partial charge is 0.454 e. The average Bonchev–Trinajstić information content (AvgIpc) is 2.54. The molecule has 1 aromatic heterocycles. The van der Waals surface area contributed by atoms with Crippen LogP contribution in [0.1, 0.15) is 15.9 Å². The number of rotatable bonds is 2. The van der Waals surface area contributed by atoms with Gasteiger partial charge in [0.1, 0.15) is 0 Å². The minimum atomic E-state index is -4.86. The first-order chi connectivity index (χ1) is 10.9. The summed E-state index contributed by atoms with van der Waals surface area (Å²) in [5, 5.41) is 2.03. The highest BCUT2D eigenvalue weighted by atomic mass is 19.4. The maximum Gasteiger partial charge on any atom is 0.454 e. The molecule has 0 unspecified atom stereocenters. The van der Waals surface area contributed by atoms with E-state index in [-0.39, 0.29) is 5.56 Å². The Bertz CT molecular complexity index is 883. The minimum absolute atomic E-state index is 0.375. The molecule has 0 spiro atoms. The normalized spacial score (nSPS) is 11.7. The Kier molecular flexibility index (Phi) is 3.64. The van der Waals surface area contributed by atoms with Crippen molar-refractivity contribution in [3.05, 3.63) is 65.9 Å². The van der Waals surface area contributed by atoms with E-state index in [1.54, 1.807) is 6.20 Å². The molecule has 2 aromatic carbocycles. The third kappa shape index (κ3) is 2.82. The molecule has 0 atom stereocenters. The van der Waals surface area contributed by atoms with Crippen molar-refractivity contribution in [3.8, 4) is 11.3 Å². The van der Waals surface area contributed by atoms with E-state index in [1.807, 2.05) is 31.2 Å². The molecule has 0 bridgehead atoms. The molecule has 0 saturated heterocycles. The van der Waals surface area contributed by atoms with E-state index in [2.05, 4.69) is 4.98 Å². The van der Waals surface area contributed by atoms with E-state index < -0.39 is 12.0 Å². The quantitative estimate of drug-likeness (QED) is 0.626. The van der Waals surface area contributed by atoms with Crippen LogP contribution in [0.3, 0.4) is 0 Å². The van der Waals surface area contributed by atoms with Crippen LogP contribution < -0.4 is 0 Å². The molecule has 3 aromatic rings. The zero-order valence-electron chi connectivity index (χ0n) is 12.2. The maximum absolute atomic E-state index is 12.4. The molecule has 0 N–H and O–H groups in total. The topological polar surface area (TPSA) is 30.0 Å². The van der Waals surface area contributed by atoms with Crippen molar-refractivity contribution in [2.45, 2.75) is 13.1 Å². The fraction of sp³-hybridized carbons (Fsp3) is 0.111. The van der Waals surface area contributed by atoms with Crippen molar-refractivity contribution in [2.24, 2.45) is 0 Å². The molecule has 1 heterocycles. The summed E-state index contributed by atoms with van der Waals surface area (Å²) in [6, 6.07) is 13.1. The van der Waals surface area contributed by atoms with Crippen molar-refractivity contribution < 1.29 is 18.0 Å². The van der Waals surface area contributed by atoms with Crippen LogP contribution in [0.25, 0.3) is 22.0 Å². The molecule has 0 fully saturated rings. The lowest BCUT2D eigenvalue weighted by Gasteiger charge is -2.10. The van der Waals surface area contributed by atoms with Crippen LogP contribution in [0.4, 0.5) is 13.2 Å². The number of hydrogen-bond acceptors (Lipinski definition) is 2. The fourth-order valence-electron chi connectivity index (χ4n) is 2.54. The number of aryl methyl sites for hydroxylation is 1. The standard InChI is InChI=1S/C18H12F3NO/c1-11-15-5-3-2-4-14(15)10-22-16(11)12-6-8-13(9-7-12)17(23)18(19,20)21/h2-10H,1H3. The second-order valence-electron chi connectivity index (χ2n) is 5.22. The molecular formula is C18H12F3NO. The van der Waals surface area contributed by atoms with Gasteiger partial charge in [0.2, 0.25) is 0 Å². The summed E-state index contributed by atoms with van der Waals surface area (Å²) in [5.74, 6) is -1.84. The number of nitrogens with zero attached hydrogens (tertiary/aromatic N) is 1. The van der Waals surface area contributed by atoms with E-state index >= 15 is 0 Å². The zero-order valence-corrected chi connectivity index (χ0v) is 12.2. The van der Waals surface area contributed by atoms with Crippen molar-refractivity contribution in [1.29, 1.82) is 0 Å². The van der Waals surface area contributed by atoms with Gasteiger partial charge in [0.05, 0.1) is 5.69 Å².